The molecule has 1 amide bonds. The second kappa shape index (κ2) is 4.58. The topological polar surface area (TPSA) is 58.4 Å². The minimum atomic E-state index is -0.209. The minimum Gasteiger partial charge on any atom is -0.370 e. The average Bonchev–Trinajstić information content (AvgIpc) is 1.99. The molecule has 1 heterocycles. The molecule has 0 aromatic rings. The first kappa shape index (κ1) is 10.5. The number of piperazine rings is 1. The van der Waals surface area contributed by atoms with Crippen molar-refractivity contribution in [3.05, 3.63) is 0 Å². The van der Waals surface area contributed by atoms with Crippen LogP contribution in [-0.4, -0.2) is 42.5 Å². The van der Waals surface area contributed by atoms with Gasteiger partial charge in [-0.3, -0.25) is 9.69 Å². The molecular formula is C9H19N3O. The van der Waals surface area contributed by atoms with Gasteiger partial charge in [-0.2, -0.15) is 0 Å². The number of carbonyl (C=O) groups excluding carboxylic acids is 1. The van der Waals surface area contributed by atoms with Crippen LogP contribution in [0.1, 0.15) is 20.3 Å². The van der Waals surface area contributed by atoms with Gasteiger partial charge in [-0.05, 0) is 13.8 Å². The molecule has 1 aliphatic heterocycles. The summed E-state index contributed by atoms with van der Waals surface area (Å²) in [5, 5.41) is 3.44. The number of amides is 1. The van der Waals surface area contributed by atoms with Crippen molar-refractivity contribution in [3.8, 4) is 0 Å². The molecule has 0 saturated carbocycles. The molecule has 0 aliphatic carbocycles. The largest absolute Gasteiger partial charge is 0.370 e. The third-order valence-corrected chi connectivity index (χ3v) is 2.31. The van der Waals surface area contributed by atoms with E-state index in [1.54, 1.807) is 0 Å². The molecule has 76 valence electrons. The third-order valence-electron chi connectivity index (χ3n) is 2.31. The van der Waals surface area contributed by atoms with Crippen molar-refractivity contribution in [1.29, 1.82) is 0 Å². The van der Waals surface area contributed by atoms with Gasteiger partial charge in [0.25, 0.3) is 0 Å². The van der Waals surface area contributed by atoms with Crippen LogP contribution in [0.15, 0.2) is 0 Å². The minimum absolute atomic E-state index is 0.209. The van der Waals surface area contributed by atoms with Gasteiger partial charge >= 0.3 is 0 Å². The van der Waals surface area contributed by atoms with Crippen molar-refractivity contribution in [2.45, 2.75) is 32.4 Å². The Morgan fingerprint density at radius 3 is 2.46 bits per heavy atom. The van der Waals surface area contributed by atoms with E-state index < -0.39 is 0 Å². The van der Waals surface area contributed by atoms with Gasteiger partial charge < -0.3 is 11.1 Å². The number of nitrogens with two attached hydrogens (primary N) is 1. The Bertz CT molecular complexity index is 174. The Hall–Kier alpha value is -0.610. The van der Waals surface area contributed by atoms with Crippen LogP contribution < -0.4 is 11.1 Å². The standard InChI is InChI=1S/C9H19N3O/c1-7-5-12(4-3-9(10)13)6-8(2)11-7/h7-8,11H,3-6H2,1-2H3,(H2,10,13)/t7-,8+. The molecule has 0 unspecified atom stereocenters. The molecule has 13 heavy (non-hydrogen) atoms. The maximum Gasteiger partial charge on any atom is 0.218 e. The molecule has 1 aliphatic rings. The summed E-state index contributed by atoms with van der Waals surface area (Å²) >= 11 is 0. The SMILES string of the molecule is C[C@@H]1CN(CCC(N)=O)C[C@H](C)N1. The van der Waals surface area contributed by atoms with Gasteiger partial charge in [-0.1, -0.05) is 0 Å². The molecule has 1 rings (SSSR count). The summed E-state index contributed by atoms with van der Waals surface area (Å²) in [4.78, 5) is 12.9. The van der Waals surface area contributed by atoms with Gasteiger partial charge in [0.15, 0.2) is 0 Å². The fraction of sp³-hybridized carbons (Fsp3) is 0.889. The number of primary amides is 1. The summed E-state index contributed by atoms with van der Waals surface area (Å²) < 4.78 is 0. The zero-order chi connectivity index (χ0) is 9.84. The Morgan fingerprint density at radius 1 is 1.46 bits per heavy atom. The molecule has 0 bridgehead atoms. The second-order valence-corrected chi connectivity index (χ2v) is 3.94. The van der Waals surface area contributed by atoms with Crippen LogP contribution in [0, 0.1) is 0 Å². The summed E-state index contributed by atoms with van der Waals surface area (Å²) in [6, 6.07) is 1.02. The Labute approximate surface area is 79.5 Å². The van der Waals surface area contributed by atoms with Crippen LogP contribution in [0.2, 0.25) is 0 Å². The number of rotatable bonds is 3. The van der Waals surface area contributed by atoms with E-state index in [-0.39, 0.29) is 5.91 Å². The molecular weight excluding hydrogens is 166 g/mol. The summed E-state index contributed by atoms with van der Waals surface area (Å²) in [5.74, 6) is -0.209. The molecule has 0 radical (unpaired) electrons. The average molecular weight is 185 g/mol. The van der Waals surface area contributed by atoms with Gasteiger partial charge in [-0.15, -0.1) is 0 Å². The fourth-order valence-corrected chi connectivity index (χ4v) is 1.89. The molecule has 0 aromatic carbocycles. The third kappa shape index (κ3) is 3.74. The first-order chi connectivity index (χ1) is 6.08. The van der Waals surface area contributed by atoms with E-state index in [0.29, 0.717) is 18.5 Å². The first-order valence-corrected chi connectivity index (χ1v) is 4.84. The lowest BCUT2D eigenvalue weighted by Crippen LogP contribution is -2.54. The number of hydrogen-bond donors (Lipinski definition) is 2. The molecule has 1 fully saturated rings. The van der Waals surface area contributed by atoms with Gasteiger partial charge in [0, 0.05) is 38.1 Å². The number of hydrogen-bond acceptors (Lipinski definition) is 3. The molecule has 4 heteroatoms. The van der Waals surface area contributed by atoms with E-state index in [0.717, 1.165) is 19.6 Å². The highest BCUT2D eigenvalue weighted by Gasteiger charge is 2.20. The van der Waals surface area contributed by atoms with Gasteiger partial charge in [-0.25, -0.2) is 0 Å². The van der Waals surface area contributed by atoms with Crippen molar-refractivity contribution >= 4 is 5.91 Å². The Morgan fingerprint density at radius 2 is 2.00 bits per heavy atom. The molecule has 0 spiro atoms. The summed E-state index contributed by atoms with van der Waals surface area (Å²) in [5.41, 5.74) is 5.10. The molecule has 1 saturated heterocycles. The van der Waals surface area contributed by atoms with Crippen molar-refractivity contribution in [2.75, 3.05) is 19.6 Å². The van der Waals surface area contributed by atoms with Crippen LogP contribution in [0.4, 0.5) is 0 Å². The lowest BCUT2D eigenvalue weighted by Gasteiger charge is -2.35. The fourth-order valence-electron chi connectivity index (χ4n) is 1.89. The van der Waals surface area contributed by atoms with E-state index >= 15 is 0 Å². The zero-order valence-electron chi connectivity index (χ0n) is 8.42. The lowest BCUT2D eigenvalue weighted by atomic mass is 10.1. The van der Waals surface area contributed by atoms with Crippen molar-refractivity contribution in [3.63, 3.8) is 0 Å². The predicted molar refractivity (Wildman–Crippen MR) is 52.3 cm³/mol. The van der Waals surface area contributed by atoms with Crippen LogP contribution in [0.5, 0.6) is 0 Å². The van der Waals surface area contributed by atoms with Gasteiger partial charge in [0.05, 0.1) is 0 Å². The highest BCUT2D eigenvalue weighted by atomic mass is 16.1. The summed E-state index contributed by atoms with van der Waals surface area (Å²) in [7, 11) is 0. The van der Waals surface area contributed by atoms with Gasteiger partial charge in [0.1, 0.15) is 0 Å². The number of nitrogens with zero attached hydrogens (tertiary/aromatic N) is 1. The smallest absolute Gasteiger partial charge is 0.218 e. The highest BCUT2D eigenvalue weighted by molar-refractivity contribution is 5.73. The van der Waals surface area contributed by atoms with E-state index in [9.17, 15) is 4.79 Å². The van der Waals surface area contributed by atoms with Crippen molar-refractivity contribution in [2.24, 2.45) is 5.73 Å². The maximum atomic E-state index is 10.6. The quantitative estimate of drug-likeness (QED) is 0.626. The lowest BCUT2D eigenvalue weighted by molar-refractivity contribution is -0.118. The number of nitrogens with one attached hydrogen (secondary N) is 1. The maximum absolute atomic E-state index is 10.6. The predicted octanol–water partition coefficient (Wildman–Crippen LogP) is -0.456. The monoisotopic (exact) mass is 185 g/mol. The molecule has 0 aromatic heterocycles. The van der Waals surface area contributed by atoms with Crippen LogP contribution in [0.3, 0.4) is 0 Å². The Balaban J connectivity index is 2.28. The van der Waals surface area contributed by atoms with Crippen LogP contribution in [0.25, 0.3) is 0 Å². The van der Waals surface area contributed by atoms with Gasteiger partial charge in [0.2, 0.25) is 5.91 Å². The summed E-state index contributed by atoms with van der Waals surface area (Å²) in [6.07, 6.45) is 0.472. The highest BCUT2D eigenvalue weighted by Crippen LogP contribution is 2.03. The number of carbonyl (C=O) groups is 1. The van der Waals surface area contributed by atoms with Crippen LogP contribution in [-0.2, 0) is 4.79 Å². The molecule has 4 nitrogen and oxygen atoms in total. The normalized spacial score (nSPS) is 30.3. The first-order valence-electron chi connectivity index (χ1n) is 4.84. The van der Waals surface area contributed by atoms with E-state index in [4.69, 9.17) is 5.73 Å². The van der Waals surface area contributed by atoms with E-state index in [2.05, 4.69) is 24.1 Å². The van der Waals surface area contributed by atoms with Crippen LogP contribution >= 0.6 is 0 Å². The van der Waals surface area contributed by atoms with E-state index in [1.807, 2.05) is 0 Å². The Kier molecular flexibility index (Phi) is 3.69. The zero-order valence-corrected chi connectivity index (χ0v) is 8.42. The second-order valence-electron chi connectivity index (χ2n) is 3.94. The summed E-state index contributed by atoms with van der Waals surface area (Å²) in [6.45, 7) is 7.14. The van der Waals surface area contributed by atoms with Crippen molar-refractivity contribution < 1.29 is 4.79 Å². The molecule has 3 N–H and O–H groups in total. The van der Waals surface area contributed by atoms with Crippen molar-refractivity contribution in [1.82, 2.24) is 10.2 Å². The molecule has 2 atom stereocenters. The van der Waals surface area contributed by atoms with E-state index in [1.165, 1.54) is 0 Å².